The Hall–Kier alpha value is -2.97. The molecule has 2 unspecified atom stereocenters. The fourth-order valence-electron chi connectivity index (χ4n) is 7.43. The molecule has 1 N–H and O–H groups in total. The van der Waals surface area contributed by atoms with E-state index in [0.29, 0.717) is 19.3 Å². The van der Waals surface area contributed by atoms with Crippen LogP contribution in [0.5, 0.6) is 0 Å². The highest BCUT2D eigenvalue weighted by Gasteiger charge is 2.31. The number of hydrogen-bond acceptors (Lipinski definition) is 6. The standard InChI is InChI=1S/C55H97NO7/c1-6-8-10-12-14-16-18-20-22-24-25-26-27-28-29-30-32-34-36-38-40-42-44-46-54(58)63-51(49-61-48-47-52(55(59)60)56(3,4)5)50-62-53(57)45-43-41-39-37-35-33-31-23-21-19-17-15-13-11-9-7-2/h8,10,14,16,20,22-23,25-26,31,51-52H,6-7,9,11-13,15,17-19,21,24,27-30,32-50H2,1-5H3/p+1/b10-8+,16-14+,22-20+,26-25+,31-23+. The predicted molar refractivity (Wildman–Crippen MR) is 266 cm³/mol. The Balaban J connectivity index is 4.25. The third kappa shape index (κ3) is 44.0. The van der Waals surface area contributed by atoms with Crippen LogP contribution in [-0.2, 0) is 28.6 Å². The second kappa shape index (κ2) is 45.6. The fraction of sp³-hybridized carbons (Fsp3) is 0.764. The number of hydrogen-bond donors (Lipinski definition) is 1. The predicted octanol–water partition coefficient (Wildman–Crippen LogP) is 14.9. The molecule has 0 saturated heterocycles. The van der Waals surface area contributed by atoms with Crippen LogP contribution in [0.15, 0.2) is 60.8 Å². The lowest BCUT2D eigenvalue weighted by Gasteiger charge is -2.31. The molecular weight excluding hydrogens is 787 g/mol. The molecule has 0 spiro atoms. The van der Waals surface area contributed by atoms with Gasteiger partial charge in [0.1, 0.15) is 6.61 Å². The number of esters is 2. The Morgan fingerprint density at radius 3 is 1.33 bits per heavy atom. The second-order valence-electron chi connectivity index (χ2n) is 18.4. The minimum absolute atomic E-state index is 0.0560. The van der Waals surface area contributed by atoms with Gasteiger partial charge in [0.05, 0.1) is 34.4 Å². The second-order valence-corrected chi connectivity index (χ2v) is 18.4. The number of nitrogens with zero attached hydrogens (tertiary/aromatic N) is 1. The fourth-order valence-corrected chi connectivity index (χ4v) is 7.43. The normalized spacial score (nSPS) is 13.3. The summed E-state index contributed by atoms with van der Waals surface area (Å²) in [5.74, 6) is -1.48. The third-order valence-corrected chi connectivity index (χ3v) is 11.4. The number of allylic oxidation sites excluding steroid dienone is 10. The monoisotopic (exact) mass is 885 g/mol. The van der Waals surface area contributed by atoms with Gasteiger partial charge in [-0.3, -0.25) is 9.59 Å². The molecule has 0 rings (SSSR count). The van der Waals surface area contributed by atoms with Crippen molar-refractivity contribution in [2.75, 3.05) is 41.0 Å². The van der Waals surface area contributed by atoms with Gasteiger partial charge < -0.3 is 23.8 Å². The van der Waals surface area contributed by atoms with Crippen LogP contribution in [0.25, 0.3) is 0 Å². The highest BCUT2D eigenvalue weighted by Crippen LogP contribution is 2.15. The van der Waals surface area contributed by atoms with Crippen LogP contribution in [0.2, 0.25) is 0 Å². The average Bonchev–Trinajstić information content (AvgIpc) is 3.24. The van der Waals surface area contributed by atoms with Crippen LogP contribution in [0, 0.1) is 0 Å². The summed E-state index contributed by atoms with van der Waals surface area (Å²) >= 11 is 0. The highest BCUT2D eigenvalue weighted by atomic mass is 16.6. The van der Waals surface area contributed by atoms with Gasteiger partial charge in [0.2, 0.25) is 0 Å². The van der Waals surface area contributed by atoms with E-state index in [9.17, 15) is 19.5 Å². The van der Waals surface area contributed by atoms with E-state index in [-0.39, 0.29) is 36.2 Å². The highest BCUT2D eigenvalue weighted by molar-refractivity contribution is 5.72. The summed E-state index contributed by atoms with van der Waals surface area (Å²) in [6, 6.07) is -0.618. The van der Waals surface area contributed by atoms with Crippen LogP contribution in [-0.4, -0.2) is 80.6 Å². The summed E-state index contributed by atoms with van der Waals surface area (Å²) in [7, 11) is 5.53. The Labute approximate surface area is 388 Å². The lowest BCUT2D eigenvalue weighted by Crippen LogP contribution is -2.50. The van der Waals surface area contributed by atoms with E-state index in [4.69, 9.17) is 14.2 Å². The smallest absolute Gasteiger partial charge is 0.362 e. The lowest BCUT2D eigenvalue weighted by molar-refractivity contribution is -0.887. The van der Waals surface area contributed by atoms with Crippen molar-refractivity contribution in [1.29, 1.82) is 0 Å². The van der Waals surface area contributed by atoms with Crippen molar-refractivity contribution in [2.24, 2.45) is 0 Å². The average molecular weight is 885 g/mol. The van der Waals surface area contributed by atoms with Gasteiger partial charge in [0.25, 0.3) is 0 Å². The molecule has 0 bridgehead atoms. The number of quaternary nitrogens is 1. The molecule has 0 saturated carbocycles. The van der Waals surface area contributed by atoms with Gasteiger partial charge in [-0.1, -0.05) is 184 Å². The van der Waals surface area contributed by atoms with E-state index in [2.05, 4.69) is 74.6 Å². The molecule has 0 aromatic heterocycles. The van der Waals surface area contributed by atoms with Gasteiger partial charge in [-0.2, -0.15) is 0 Å². The molecule has 0 aromatic carbocycles. The number of carbonyl (C=O) groups is 3. The number of aliphatic carboxylic acids is 1. The molecule has 0 amide bonds. The van der Waals surface area contributed by atoms with Gasteiger partial charge in [0.15, 0.2) is 12.1 Å². The van der Waals surface area contributed by atoms with Crippen molar-refractivity contribution in [2.45, 2.75) is 231 Å². The molecule has 63 heavy (non-hydrogen) atoms. The molecule has 0 aliphatic rings. The summed E-state index contributed by atoms with van der Waals surface area (Å²) < 4.78 is 17.3. The molecule has 8 nitrogen and oxygen atoms in total. The molecule has 364 valence electrons. The first-order chi connectivity index (χ1) is 30.6. The molecule has 0 aliphatic carbocycles. The van der Waals surface area contributed by atoms with E-state index in [1.54, 1.807) is 0 Å². The zero-order chi connectivity index (χ0) is 46.3. The number of carboxylic acids is 1. The molecule has 8 heteroatoms. The number of carboxylic acid groups (broad SMARTS) is 1. The molecular formula is C55H98NO7+. The van der Waals surface area contributed by atoms with Crippen molar-refractivity contribution in [1.82, 2.24) is 0 Å². The van der Waals surface area contributed by atoms with E-state index < -0.39 is 18.1 Å². The SMILES string of the molecule is CC/C=C/C/C=C/C/C=C/C/C=C/CCCCCCCCCCCCC(=O)OC(COCCC(C(=O)O)[N+](C)(C)C)COC(=O)CCCCCCC/C=C/CCCCCCCCC. The number of unbranched alkanes of at least 4 members (excludes halogenated alkanes) is 22. The summed E-state index contributed by atoms with van der Waals surface area (Å²) in [5.41, 5.74) is 0. The van der Waals surface area contributed by atoms with E-state index in [1.807, 2.05) is 21.1 Å². The quantitative estimate of drug-likeness (QED) is 0.0281. The van der Waals surface area contributed by atoms with Crippen LogP contribution in [0.1, 0.15) is 219 Å². The largest absolute Gasteiger partial charge is 0.477 e. The van der Waals surface area contributed by atoms with E-state index >= 15 is 0 Å². The van der Waals surface area contributed by atoms with Crippen LogP contribution in [0.3, 0.4) is 0 Å². The lowest BCUT2D eigenvalue weighted by atomic mass is 10.0. The number of ether oxygens (including phenoxy) is 3. The third-order valence-electron chi connectivity index (χ3n) is 11.4. The molecule has 0 aromatic rings. The van der Waals surface area contributed by atoms with E-state index in [1.165, 1.54) is 109 Å². The summed E-state index contributed by atoms with van der Waals surface area (Å²) in [5, 5.41) is 9.65. The number of rotatable bonds is 46. The minimum Gasteiger partial charge on any atom is -0.477 e. The Morgan fingerprint density at radius 2 is 0.889 bits per heavy atom. The van der Waals surface area contributed by atoms with Crippen molar-refractivity contribution >= 4 is 17.9 Å². The maximum absolute atomic E-state index is 12.8. The first kappa shape index (κ1) is 60.0. The van der Waals surface area contributed by atoms with Crippen LogP contribution >= 0.6 is 0 Å². The van der Waals surface area contributed by atoms with Gasteiger partial charge in [-0.15, -0.1) is 0 Å². The zero-order valence-corrected chi connectivity index (χ0v) is 41.5. The molecule has 0 radical (unpaired) electrons. The van der Waals surface area contributed by atoms with Crippen LogP contribution in [0.4, 0.5) is 0 Å². The van der Waals surface area contributed by atoms with Crippen molar-refractivity contribution in [3.8, 4) is 0 Å². The maximum atomic E-state index is 12.8. The van der Waals surface area contributed by atoms with Crippen LogP contribution < -0.4 is 0 Å². The zero-order valence-electron chi connectivity index (χ0n) is 41.5. The van der Waals surface area contributed by atoms with Gasteiger partial charge in [-0.05, 0) is 77.0 Å². The van der Waals surface area contributed by atoms with Gasteiger partial charge in [0, 0.05) is 19.3 Å². The van der Waals surface area contributed by atoms with E-state index in [0.717, 1.165) is 77.0 Å². The summed E-state index contributed by atoms with van der Waals surface area (Å²) in [4.78, 5) is 37.2. The van der Waals surface area contributed by atoms with Crippen molar-refractivity contribution < 1.29 is 38.2 Å². The summed E-state index contributed by atoms with van der Waals surface area (Å²) in [6.07, 6.45) is 56.9. The number of carbonyl (C=O) groups excluding carboxylic acids is 2. The molecule has 2 atom stereocenters. The van der Waals surface area contributed by atoms with Crippen molar-refractivity contribution in [3.63, 3.8) is 0 Å². The molecule has 0 aliphatic heterocycles. The first-order valence-electron chi connectivity index (χ1n) is 25.8. The summed E-state index contributed by atoms with van der Waals surface area (Å²) in [6.45, 7) is 4.62. The Morgan fingerprint density at radius 1 is 0.492 bits per heavy atom. The Bertz CT molecular complexity index is 1210. The Kier molecular flexibility index (Phi) is 43.4. The molecule has 0 fully saturated rings. The topological polar surface area (TPSA) is 99.1 Å². The number of likely N-dealkylation sites (N-methyl/N-ethyl adjacent to an activating group) is 1. The first-order valence-corrected chi connectivity index (χ1v) is 25.8. The minimum atomic E-state index is -0.877. The van der Waals surface area contributed by atoms with Crippen molar-refractivity contribution in [3.05, 3.63) is 60.8 Å². The molecule has 0 heterocycles. The van der Waals surface area contributed by atoms with Gasteiger partial charge in [-0.25, -0.2) is 4.79 Å². The van der Waals surface area contributed by atoms with Gasteiger partial charge >= 0.3 is 17.9 Å². The maximum Gasteiger partial charge on any atom is 0.362 e.